The molecule has 0 heterocycles. The lowest BCUT2D eigenvalue weighted by molar-refractivity contribution is 0.481. The second-order valence-corrected chi connectivity index (χ2v) is 3.38. The molecular weight excluding hydrogens is 180 g/mol. The monoisotopic (exact) mass is 185 g/mol. The van der Waals surface area contributed by atoms with Crippen molar-refractivity contribution < 1.29 is 9.79 Å². The minimum absolute atomic E-state index is 0. The lowest BCUT2D eigenvalue weighted by atomic mass is 13.9. The van der Waals surface area contributed by atoms with E-state index in [2.05, 4.69) is 17.3 Å². The van der Waals surface area contributed by atoms with E-state index >= 15 is 0 Å². The first-order valence-electron chi connectivity index (χ1n) is 0.841. The van der Waals surface area contributed by atoms with Gasteiger partial charge in [-0.15, -0.1) is 24.8 Å². The van der Waals surface area contributed by atoms with Crippen molar-refractivity contribution in [2.75, 3.05) is 0 Å². The zero-order chi connectivity index (χ0) is 4.50. The van der Waals surface area contributed by atoms with Crippen molar-refractivity contribution in [2.24, 2.45) is 5.50 Å². The molecule has 0 radical (unpaired) electrons. The maximum Gasteiger partial charge on any atom is 0.253 e. The largest absolute Gasteiger partial charge is 0.334 e. The molecule has 0 spiro atoms. The fourth-order valence-corrected chi connectivity index (χ4v) is 0. The zero-order valence-electron chi connectivity index (χ0n) is 3.14. The molecule has 7 heavy (non-hydrogen) atoms. The van der Waals surface area contributed by atoms with Gasteiger partial charge in [0.05, 0.1) is 0 Å². The van der Waals surface area contributed by atoms with Gasteiger partial charge in [0.25, 0.3) is 6.64 Å². The van der Waals surface area contributed by atoms with Crippen LogP contribution in [-0.4, -0.2) is 9.79 Å². The van der Waals surface area contributed by atoms with Gasteiger partial charge in [0, 0.05) is 0 Å². The first-order chi connectivity index (χ1) is 2.00. The van der Waals surface area contributed by atoms with Crippen LogP contribution < -0.4 is 5.50 Å². The molecule has 0 bridgehead atoms. The van der Waals surface area contributed by atoms with Crippen molar-refractivity contribution in [3.63, 3.8) is 0 Å². The Labute approximate surface area is 59.0 Å². The molecule has 0 saturated heterocycles. The predicted molar refractivity (Wildman–Crippen MR) is 37.4 cm³/mol. The van der Waals surface area contributed by atoms with E-state index in [1.807, 2.05) is 0 Å². The highest BCUT2D eigenvalue weighted by Gasteiger charge is 1.88. The molecule has 0 rings (SSSR count). The van der Waals surface area contributed by atoms with Gasteiger partial charge in [-0.05, 0) is 11.8 Å². The molecule has 0 aliphatic heterocycles. The second-order valence-electron chi connectivity index (χ2n) is 0.589. The first kappa shape index (κ1) is 15.7. The standard InChI is InChI=1S/2ClH.H4NO2PS/c;;1-4(2,3)5/h2*1H;(H4,1,2,3,5). The van der Waals surface area contributed by atoms with Gasteiger partial charge in [-0.2, -0.15) is 0 Å². The van der Waals surface area contributed by atoms with Crippen LogP contribution in [0.2, 0.25) is 0 Å². The number of halogens is 2. The molecule has 0 aromatic rings. The minimum Gasteiger partial charge on any atom is -0.334 e. The van der Waals surface area contributed by atoms with Gasteiger partial charge in [-0.1, -0.05) is 0 Å². The summed E-state index contributed by atoms with van der Waals surface area (Å²) in [5.74, 6) is 0. The molecule has 48 valence electrons. The van der Waals surface area contributed by atoms with Gasteiger partial charge in [0.15, 0.2) is 0 Å². The Balaban J connectivity index is -0.0000000800. The fourth-order valence-electron chi connectivity index (χ4n) is 0. The molecule has 3 nitrogen and oxygen atoms in total. The molecule has 7 heteroatoms. The molecule has 4 N–H and O–H groups in total. The van der Waals surface area contributed by atoms with Crippen molar-refractivity contribution in [1.29, 1.82) is 0 Å². The molecule has 0 aliphatic carbocycles. The topological polar surface area (TPSA) is 66.5 Å². The third-order valence-electron chi connectivity index (χ3n) is 0. The summed E-state index contributed by atoms with van der Waals surface area (Å²) in [5, 5.41) is 0. The second kappa shape index (κ2) is 5.25. The number of rotatable bonds is 0. The van der Waals surface area contributed by atoms with Gasteiger partial charge < -0.3 is 9.79 Å². The molecule has 0 aromatic carbocycles. The van der Waals surface area contributed by atoms with Crippen molar-refractivity contribution in [3.8, 4) is 0 Å². The molecule has 0 atom stereocenters. The molecule has 0 aromatic heterocycles. The van der Waals surface area contributed by atoms with E-state index in [4.69, 9.17) is 9.79 Å². The van der Waals surface area contributed by atoms with Crippen LogP contribution >= 0.6 is 31.5 Å². The number of nitrogens with two attached hydrogens (primary N) is 1. The lowest BCUT2D eigenvalue weighted by Gasteiger charge is -1.90. The number of hydrogen-bond donors (Lipinski definition) is 3. The molecule has 0 saturated carbocycles. The van der Waals surface area contributed by atoms with Gasteiger partial charge >= 0.3 is 0 Å². The van der Waals surface area contributed by atoms with Gasteiger partial charge in [-0.3, -0.25) is 5.50 Å². The minimum atomic E-state index is -3.31. The van der Waals surface area contributed by atoms with Crippen LogP contribution in [0.5, 0.6) is 0 Å². The summed E-state index contributed by atoms with van der Waals surface area (Å²) in [5.41, 5.74) is 4.39. The van der Waals surface area contributed by atoms with Crippen LogP contribution in [0.15, 0.2) is 0 Å². The molecule has 0 aliphatic rings. The Hall–Kier alpha value is 1.11. The summed E-state index contributed by atoms with van der Waals surface area (Å²) in [6, 6.07) is 0. The molecule has 0 amide bonds. The van der Waals surface area contributed by atoms with Gasteiger partial charge in [-0.25, -0.2) is 0 Å². The summed E-state index contributed by atoms with van der Waals surface area (Å²) < 4.78 is 0. The number of hydrogen-bond acceptors (Lipinski definition) is 1. The van der Waals surface area contributed by atoms with Crippen molar-refractivity contribution >= 4 is 43.3 Å². The highest BCUT2D eigenvalue weighted by molar-refractivity contribution is 8.07. The molecule has 0 fully saturated rings. The molecular formula is H6Cl2NO2PS. The summed E-state index contributed by atoms with van der Waals surface area (Å²) >= 11 is 3.83. The van der Waals surface area contributed by atoms with Crippen molar-refractivity contribution in [3.05, 3.63) is 0 Å². The SMILES string of the molecule is Cl.Cl.NP(O)(O)=S. The van der Waals surface area contributed by atoms with Crippen LogP contribution in [0.4, 0.5) is 0 Å². The zero-order valence-corrected chi connectivity index (χ0v) is 6.49. The van der Waals surface area contributed by atoms with E-state index in [1.165, 1.54) is 0 Å². The highest BCUT2D eigenvalue weighted by Crippen LogP contribution is 2.20. The Morgan fingerprint density at radius 2 is 1.29 bits per heavy atom. The quantitative estimate of drug-likeness (QED) is 0.465. The Morgan fingerprint density at radius 1 is 1.29 bits per heavy atom. The van der Waals surface area contributed by atoms with E-state index in [1.54, 1.807) is 0 Å². The van der Waals surface area contributed by atoms with Gasteiger partial charge in [0.1, 0.15) is 0 Å². The van der Waals surface area contributed by atoms with E-state index < -0.39 is 6.64 Å². The third kappa shape index (κ3) is 151. The van der Waals surface area contributed by atoms with Crippen LogP contribution in [0.1, 0.15) is 0 Å². The van der Waals surface area contributed by atoms with Crippen LogP contribution in [0, 0.1) is 0 Å². The fraction of sp³-hybridized carbons (Fsp3) is 0. The Bertz CT molecular complexity index is 61.8. The first-order valence-corrected chi connectivity index (χ1v) is 3.62. The van der Waals surface area contributed by atoms with Crippen LogP contribution in [0.25, 0.3) is 0 Å². The summed E-state index contributed by atoms with van der Waals surface area (Å²) in [7, 11) is 0. The lowest BCUT2D eigenvalue weighted by Crippen LogP contribution is -1.86. The van der Waals surface area contributed by atoms with Crippen LogP contribution in [-0.2, 0) is 11.8 Å². The average Bonchev–Trinajstić information content (AvgIpc) is 0.722. The van der Waals surface area contributed by atoms with Gasteiger partial charge in [0.2, 0.25) is 0 Å². The van der Waals surface area contributed by atoms with E-state index in [0.717, 1.165) is 0 Å². The highest BCUT2D eigenvalue weighted by atomic mass is 35.5. The van der Waals surface area contributed by atoms with E-state index in [-0.39, 0.29) is 24.8 Å². The van der Waals surface area contributed by atoms with Crippen molar-refractivity contribution in [2.45, 2.75) is 0 Å². The third-order valence-corrected chi connectivity index (χ3v) is 0. The maximum atomic E-state index is 7.78. The average molecular weight is 186 g/mol. The predicted octanol–water partition coefficient (Wildman–Crippen LogP) is -0.00220. The van der Waals surface area contributed by atoms with E-state index in [0.29, 0.717) is 0 Å². The summed E-state index contributed by atoms with van der Waals surface area (Å²) in [6.45, 7) is -3.31. The Kier molecular flexibility index (Phi) is 11.8. The maximum absolute atomic E-state index is 7.78. The van der Waals surface area contributed by atoms with Crippen molar-refractivity contribution in [1.82, 2.24) is 0 Å². The van der Waals surface area contributed by atoms with Crippen LogP contribution in [0.3, 0.4) is 0 Å². The normalized spacial score (nSPS) is 8.43. The Morgan fingerprint density at radius 3 is 1.29 bits per heavy atom. The summed E-state index contributed by atoms with van der Waals surface area (Å²) in [6.07, 6.45) is 0. The smallest absolute Gasteiger partial charge is 0.253 e. The van der Waals surface area contributed by atoms with E-state index in [9.17, 15) is 0 Å². The molecule has 0 unspecified atom stereocenters. The summed E-state index contributed by atoms with van der Waals surface area (Å²) in [4.78, 5) is 15.6.